The van der Waals surface area contributed by atoms with Crippen molar-refractivity contribution in [1.82, 2.24) is 5.32 Å². The number of rotatable bonds is 4. The minimum absolute atomic E-state index is 0.0156. The molecule has 1 aliphatic rings. The molecule has 0 aliphatic heterocycles. The molecule has 3 rings (SSSR count). The normalized spacial score (nSPS) is 14.5. The number of hydrogen-bond acceptors (Lipinski definition) is 2. The van der Waals surface area contributed by atoms with Gasteiger partial charge < -0.3 is 10.4 Å². The third-order valence-electron chi connectivity index (χ3n) is 4.06. The molecule has 1 saturated carbocycles. The first-order valence-electron chi connectivity index (χ1n) is 7.37. The molecule has 0 atom stereocenters. The Morgan fingerprint density at radius 1 is 1.00 bits per heavy atom. The molecular formula is C18H19NO2. The van der Waals surface area contributed by atoms with Crippen LogP contribution in [0.25, 0.3) is 11.1 Å². The summed E-state index contributed by atoms with van der Waals surface area (Å²) in [6, 6.07) is 15.8. The van der Waals surface area contributed by atoms with Gasteiger partial charge in [0.05, 0.1) is 6.61 Å². The number of nitrogens with one attached hydrogen (secondary N) is 1. The van der Waals surface area contributed by atoms with Crippen molar-refractivity contribution in [2.24, 2.45) is 0 Å². The number of benzene rings is 2. The van der Waals surface area contributed by atoms with Gasteiger partial charge in [0, 0.05) is 11.6 Å². The Bertz CT molecular complexity index is 613. The summed E-state index contributed by atoms with van der Waals surface area (Å²) in [7, 11) is 0. The maximum absolute atomic E-state index is 12.0. The number of carbonyl (C=O) groups is 1. The molecule has 2 N–H and O–H groups in total. The quantitative estimate of drug-likeness (QED) is 0.904. The van der Waals surface area contributed by atoms with Crippen LogP contribution in [0.4, 0.5) is 0 Å². The Morgan fingerprint density at radius 2 is 1.57 bits per heavy atom. The highest BCUT2D eigenvalue weighted by Gasteiger charge is 2.19. The SMILES string of the molecule is O=C(NC1CCC1)c1ccc(-c2ccc(CO)cc2)cc1. The van der Waals surface area contributed by atoms with E-state index < -0.39 is 0 Å². The van der Waals surface area contributed by atoms with Crippen LogP contribution in [0, 0.1) is 0 Å². The molecule has 1 fully saturated rings. The highest BCUT2D eigenvalue weighted by atomic mass is 16.3. The molecule has 1 amide bonds. The minimum atomic E-state index is 0.0156. The van der Waals surface area contributed by atoms with E-state index in [1.807, 2.05) is 48.5 Å². The van der Waals surface area contributed by atoms with E-state index >= 15 is 0 Å². The molecule has 3 nitrogen and oxygen atoms in total. The number of amides is 1. The molecule has 2 aromatic rings. The molecule has 0 bridgehead atoms. The first-order chi connectivity index (χ1) is 10.3. The maximum atomic E-state index is 12.0. The maximum Gasteiger partial charge on any atom is 0.251 e. The van der Waals surface area contributed by atoms with E-state index in [-0.39, 0.29) is 12.5 Å². The monoisotopic (exact) mass is 281 g/mol. The second-order valence-electron chi connectivity index (χ2n) is 5.53. The molecule has 0 saturated heterocycles. The summed E-state index contributed by atoms with van der Waals surface area (Å²) in [6.07, 6.45) is 3.41. The van der Waals surface area contributed by atoms with Gasteiger partial charge in [-0.25, -0.2) is 0 Å². The summed E-state index contributed by atoms with van der Waals surface area (Å²) in [5, 5.41) is 12.1. The van der Waals surface area contributed by atoms with Gasteiger partial charge in [0.15, 0.2) is 0 Å². The topological polar surface area (TPSA) is 49.3 Å². The fourth-order valence-electron chi connectivity index (χ4n) is 2.44. The number of aliphatic hydroxyl groups is 1. The van der Waals surface area contributed by atoms with Crippen LogP contribution in [0.3, 0.4) is 0 Å². The van der Waals surface area contributed by atoms with Gasteiger partial charge in [-0.15, -0.1) is 0 Å². The van der Waals surface area contributed by atoms with Crippen molar-refractivity contribution in [3.63, 3.8) is 0 Å². The summed E-state index contributed by atoms with van der Waals surface area (Å²) in [6.45, 7) is 0.0561. The molecule has 0 spiro atoms. The van der Waals surface area contributed by atoms with Gasteiger partial charge in [-0.1, -0.05) is 36.4 Å². The second kappa shape index (κ2) is 6.10. The lowest BCUT2D eigenvalue weighted by molar-refractivity contribution is 0.0917. The number of aliphatic hydroxyl groups excluding tert-OH is 1. The van der Waals surface area contributed by atoms with Gasteiger partial charge in [0.25, 0.3) is 5.91 Å². The van der Waals surface area contributed by atoms with Crippen molar-refractivity contribution in [2.75, 3.05) is 0 Å². The molecule has 21 heavy (non-hydrogen) atoms. The zero-order valence-electron chi connectivity index (χ0n) is 11.9. The van der Waals surface area contributed by atoms with E-state index in [1.54, 1.807) is 0 Å². The van der Waals surface area contributed by atoms with Crippen LogP contribution in [0.1, 0.15) is 35.2 Å². The Kier molecular flexibility index (Phi) is 4.02. The Balaban J connectivity index is 1.71. The van der Waals surface area contributed by atoms with Gasteiger partial charge in [0.2, 0.25) is 0 Å². The molecule has 0 radical (unpaired) electrons. The molecular weight excluding hydrogens is 262 g/mol. The summed E-state index contributed by atoms with van der Waals surface area (Å²) < 4.78 is 0. The molecule has 2 aromatic carbocycles. The van der Waals surface area contributed by atoms with E-state index in [1.165, 1.54) is 6.42 Å². The van der Waals surface area contributed by atoms with Gasteiger partial charge in [-0.05, 0) is 48.1 Å². The minimum Gasteiger partial charge on any atom is -0.392 e. The Hall–Kier alpha value is -2.13. The van der Waals surface area contributed by atoms with Crippen LogP contribution in [0.2, 0.25) is 0 Å². The van der Waals surface area contributed by atoms with Crippen LogP contribution in [-0.2, 0) is 6.61 Å². The third-order valence-corrected chi connectivity index (χ3v) is 4.06. The molecule has 1 aliphatic carbocycles. The fraction of sp³-hybridized carbons (Fsp3) is 0.278. The number of carbonyl (C=O) groups excluding carboxylic acids is 1. The standard InChI is InChI=1S/C18H19NO2/c20-12-13-4-6-14(7-5-13)15-8-10-16(11-9-15)18(21)19-17-2-1-3-17/h4-11,17,20H,1-3,12H2,(H,19,21). The van der Waals surface area contributed by atoms with Crippen molar-refractivity contribution in [3.05, 3.63) is 59.7 Å². The van der Waals surface area contributed by atoms with Gasteiger partial charge in [-0.3, -0.25) is 4.79 Å². The smallest absolute Gasteiger partial charge is 0.251 e. The Labute approximate surface area is 124 Å². The molecule has 108 valence electrons. The third kappa shape index (κ3) is 3.14. The van der Waals surface area contributed by atoms with Crippen molar-refractivity contribution in [3.8, 4) is 11.1 Å². The van der Waals surface area contributed by atoms with E-state index in [2.05, 4.69) is 5.32 Å². The van der Waals surface area contributed by atoms with Crippen LogP contribution in [0.5, 0.6) is 0 Å². The lowest BCUT2D eigenvalue weighted by Gasteiger charge is -2.26. The zero-order chi connectivity index (χ0) is 14.7. The molecule has 3 heteroatoms. The van der Waals surface area contributed by atoms with E-state index in [0.29, 0.717) is 11.6 Å². The van der Waals surface area contributed by atoms with E-state index in [9.17, 15) is 4.79 Å². The molecule has 0 heterocycles. The van der Waals surface area contributed by atoms with Crippen LogP contribution in [0.15, 0.2) is 48.5 Å². The molecule has 0 aromatic heterocycles. The summed E-state index contributed by atoms with van der Waals surface area (Å²) in [5.74, 6) is 0.0156. The van der Waals surface area contributed by atoms with Crippen molar-refractivity contribution >= 4 is 5.91 Å². The van der Waals surface area contributed by atoms with Crippen molar-refractivity contribution in [1.29, 1.82) is 0 Å². The lowest BCUT2D eigenvalue weighted by atomic mass is 9.93. The van der Waals surface area contributed by atoms with Gasteiger partial charge >= 0.3 is 0 Å². The Morgan fingerprint density at radius 3 is 2.05 bits per heavy atom. The predicted molar refractivity (Wildman–Crippen MR) is 82.9 cm³/mol. The number of hydrogen-bond donors (Lipinski definition) is 2. The predicted octanol–water partition coefficient (Wildman–Crippen LogP) is 3.13. The highest BCUT2D eigenvalue weighted by molar-refractivity contribution is 5.94. The average Bonchev–Trinajstić information content (AvgIpc) is 2.51. The highest BCUT2D eigenvalue weighted by Crippen LogP contribution is 2.22. The summed E-state index contributed by atoms with van der Waals surface area (Å²) in [4.78, 5) is 12.0. The van der Waals surface area contributed by atoms with E-state index in [4.69, 9.17) is 5.11 Å². The van der Waals surface area contributed by atoms with Crippen molar-refractivity contribution < 1.29 is 9.90 Å². The van der Waals surface area contributed by atoms with Crippen LogP contribution < -0.4 is 5.32 Å². The first-order valence-corrected chi connectivity index (χ1v) is 7.37. The largest absolute Gasteiger partial charge is 0.392 e. The van der Waals surface area contributed by atoms with Crippen molar-refractivity contribution in [2.45, 2.75) is 31.9 Å². The lowest BCUT2D eigenvalue weighted by Crippen LogP contribution is -2.39. The second-order valence-corrected chi connectivity index (χ2v) is 5.53. The molecule has 0 unspecified atom stereocenters. The first kappa shape index (κ1) is 13.8. The zero-order valence-corrected chi connectivity index (χ0v) is 11.9. The summed E-state index contributed by atoms with van der Waals surface area (Å²) in [5.41, 5.74) is 3.76. The van der Waals surface area contributed by atoms with Crippen LogP contribution in [-0.4, -0.2) is 17.1 Å². The van der Waals surface area contributed by atoms with E-state index in [0.717, 1.165) is 29.5 Å². The average molecular weight is 281 g/mol. The van der Waals surface area contributed by atoms with Gasteiger partial charge in [-0.2, -0.15) is 0 Å². The fourth-order valence-corrected chi connectivity index (χ4v) is 2.44. The van der Waals surface area contributed by atoms with Gasteiger partial charge in [0.1, 0.15) is 0 Å². The van der Waals surface area contributed by atoms with Crippen LogP contribution >= 0.6 is 0 Å². The summed E-state index contributed by atoms with van der Waals surface area (Å²) >= 11 is 0.